The summed E-state index contributed by atoms with van der Waals surface area (Å²) in [6.07, 6.45) is -0.194. The van der Waals surface area contributed by atoms with Crippen molar-refractivity contribution in [2.24, 2.45) is 0 Å². The number of hydrogen-bond acceptors (Lipinski definition) is 3. The van der Waals surface area contributed by atoms with Gasteiger partial charge in [-0.05, 0) is 0 Å². The van der Waals surface area contributed by atoms with Crippen molar-refractivity contribution in [2.45, 2.75) is 6.10 Å². The van der Waals surface area contributed by atoms with E-state index in [1.807, 2.05) is 0 Å². The van der Waals surface area contributed by atoms with E-state index in [9.17, 15) is 14.7 Å². The molecule has 0 aliphatic carbocycles. The van der Waals surface area contributed by atoms with Crippen LogP contribution in [0.15, 0.2) is 35.3 Å². The standard InChI is InChI=1S/C11H10N2O4/c14-9(10(15)16)7-4-2-1-3-6(7)8-5-12-11(17)13-8/h1-5,9,14H,(H,15,16)(H2,12,13,17). The number of aromatic nitrogens is 2. The average molecular weight is 234 g/mol. The number of carboxylic acid groups (broad SMARTS) is 1. The summed E-state index contributed by atoms with van der Waals surface area (Å²) in [5.41, 5.74) is 0.751. The number of aromatic amines is 2. The fraction of sp³-hybridized carbons (Fsp3) is 0.0909. The Morgan fingerprint density at radius 3 is 2.59 bits per heavy atom. The molecule has 0 fully saturated rings. The maximum Gasteiger partial charge on any atom is 0.337 e. The highest BCUT2D eigenvalue weighted by atomic mass is 16.4. The predicted octanol–water partition coefficient (Wildman–Crippen LogP) is 0.488. The van der Waals surface area contributed by atoms with E-state index in [2.05, 4.69) is 9.97 Å². The molecule has 17 heavy (non-hydrogen) atoms. The molecule has 0 spiro atoms. The zero-order valence-corrected chi connectivity index (χ0v) is 8.68. The van der Waals surface area contributed by atoms with Crippen molar-refractivity contribution in [1.82, 2.24) is 9.97 Å². The summed E-state index contributed by atoms with van der Waals surface area (Å²) in [5, 5.41) is 18.3. The summed E-state index contributed by atoms with van der Waals surface area (Å²) >= 11 is 0. The third kappa shape index (κ3) is 2.11. The highest BCUT2D eigenvalue weighted by molar-refractivity contribution is 5.78. The number of aliphatic hydroxyl groups excluding tert-OH is 1. The molecule has 1 aromatic carbocycles. The molecule has 88 valence electrons. The molecule has 2 rings (SSSR count). The van der Waals surface area contributed by atoms with Crippen molar-refractivity contribution in [1.29, 1.82) is 0 Å². The number of hydrogen-bond donors (Lipinski definition) is 4. The molecule has 0 bridgehead atoms. The molecular weight excluding hydrogens is 224 g/mol. The van der Waals surface area contributed by atoms with E-state index in [1.165, 1.54) is 12.3 Å². The van der Waals surface area contributed by atoms with Crippen LogP contribution in [0.4, 0.5) is 0 Å². The number of nitrogens with one attached hydrogen (secondary N) is 2. The van der Waals surface area contributed by atoms with Gasteiger partial charge < -0.3 is 20.2 Å². The Morgan fingerprint density at radius 2 is 2.00 bits per heavy atom. The van der Waals surface area contributed by atoms with Gasteiger partial charge >= 0.3 is 11.7 Å². The molecular formula is C11H10N2O4. The van der Waals surface area contributed by atoms with Gasteiger partial charge in [0.25, 0.3) is 0 Å². The first kappa shape index (κ1) is 11.2. The van der Waals surface area contributed by atoms with Crippen LogP contribution < -0.4 is 5.69 Å². The minimum absolute atomic E-state index is 0.232. The number of carboxylic acids is 1. The molecule has 4 N–H and O–H groups in total. The first-order valence-electron chi connectivity index (χ1n) is 4.87. The number of H-pyrrole nitrogens is 2. The Morgan fingerprint density at radius 1 is 1.29 bits per heavy atom. The number of imidazole rings is 1. The van der Waals surface area contributed by atoms with Crippen molar-refractivity contribution in [3.8, 4) is 11.3 Å². The Balaban J connectivity index is 2.55. The second kappa shape index (κ2) is 4.26. The lowest BCUT2D eigenvalue weighted by Crippen LogP contribution is -2.11. The van der Waals surface area contributed by atoms with E-state index < -0.39 is 12.1 Å². The van der Waals surface area contributed by atoms with Gasteiger partial charge in [-0.1, -0.05) is 24.3 Å². The van der Waals surface area contributed by atoms with E-state index in [4.69, 9.17) is 5.11 Å². The van der Waals surface area contributed by atoms with Crippen LogP contribution in [0.1, 0.15) is 11.7 Å². The number of aliphatic hydroxyl groups is 1. The van der Waals surface area contributed by atoms with Crippen molar-refractivity contribution in [3.63, 3.8) is 0 Å². The summed E-state index contributed by atoms with van der Waals surface area (Å²) < 4.78 is 0. The number of benzene rings is 1. The van der Waals surface area contributed by atoms with Crippen LogP contribution in [0.5, 0.6) is 0 Å². The summed E-state index contributed by atoms with van der Waals surface area (Å²) in [4.78, 5) is 26.7. The van der Waals surface area contributed by atoms with Gasteiger partial charge in [0.2, 0.25) is 0 Å². The van der Waals surface area contributed by atoms with E-state index in [0.29, 0.717) is 11.3 Å². The fourth-order valence-corrected chi connectivity index (χ4v) is 1.59. The minimum Gasteiger partial charge on any atom is -0.479 e. The zero-order valence-electron chi connectivity index (χ0n) is 8.68. The maximum atomic E-state index is 11.0. The highest BCUT2D eigenvalue weighted by Gasteiger charge is 2.20. The average Bonchev–Trinajstić information content (AvgIpc) is 2.74. The molecule has 0 amide bonds. The lowest BCUT2D eigenvalue weighted by Gasteiger charge is -2.10. The molecule has 1 atom stereocenters. The van der Waals surface area contributed by atoms with Crippen LogP contribution in [0.2, 0.25) is 0 Å². The van der Waals surface area contributed by atoms with Crippen molar-refractivity contribution in [3.05, 3.63) is 46.5 Å². The van der Waals surface area contributed by atoms with Gasteiger partial charge in [-0.15, -0.1) is 0 Å². The molecule has 0 radical (unpaired) electrons. The normalized spacial score (nSPS) is 12.3. The van der Waals surface area contributed by atoms with E-state index in [-0.39, 0.29) is 11.3 Å². The Kier molecular flexibility index (Phi) is 2.80. The van der Waals surface area contributed by atoms with Gasteiger partial charge in [-0.3, -0.25) is 0 Å². The summed E-state index contributed by atoms with van der Waals surface area (Å²) in [7, 11) is 0. The molecule has 0 saturated carbocycles. The predicted molar refractivity (Wildman–Crippen MR) is 59.4 cm³/mol. The quantitative estimate of drug-likeness (QED) is 0.620. The molecule has 6 nitrogen and oxygen atoms in total. The second-order valence-corrected chi connectivity index (χ2v) is 3.48. The molecule has 1 unspecified atom stereocenters. The van der Waals surface area contributed by atoms with Crippen LogP contribution in [0, 0.1) is 0 Å². The summed E-state index contributed by atoms with van der Waals surface area (Å²) in [6, 6.07) is 6.44. The fourth-order valence-electron chi connectivity index (χ4n) is 1.59. The zero-order chi connectivity index (χ0) is 12.4. The van der Waals surface area contributed by atoms with Gasteiger partial charge in [0.15, 0.2) is 6.10 Å². The monoisotopic (exact) mass is 234 g/mol. The smallest absolute Gasteiger partial charge is 0.337 e. The molecule has 0 aliphatic rings. The van der Waals surface area contributed by atoms with Crippen LogP contribution in [-0.4, -0.2) is 26.2 Å². The minimum atomic E-state index is -1.62. The van der Waals surface area contributed by atoms with Crippen LogP contribution in [0.3, 0.4) is 0 Å². The van der Waals surface area contributed by atoms with Crippen molar-refractivity contribution >= 4 is 5.97 Å². The summed E-state index contributed by atoms with van der Waals surface area (Å²) in [6.45, 7) is 0. The molecule has 0 saturated heterocycles. The number of rotatable bonds is 3. The molecule has 1 heterocycles. The van der Waals surface area contributed by atoms with Crippen LogP contribution in [-0.2, 0) is 4.79 Å². The third-order valence-electron chi connectivity index (χ3n) is 2.38. The maximum absolute atomic E-state index is 11.0. The number of aliphatic carboxylic acids is 1. The Bertz CT molecular complexity index is 599. The largest absolute Gasteiger partial charge is 0.479 e. The van der Waals surface area contributed by atoms with Crippen molar-refractivity contribution in [2.75, 3.05) is 0 Å². The lowest BCUT2D eigenvalue weighted by atomic mass is 10.0. The molecule has 0 aliphatic heterocycles. The topological polar surface area (TPSA) is 106 Å². The molecule has 6 heteroatoms. The van der Waals surface area contributed by atoms with Gasteiger partial charge in [-0.25, -0.2) is 9.59 Å². The van der Waals surface area contributed by atoms with Gasteiger partial charge in [0, 0.05) is 17.3 Å². The van der Waals surface area contributed by atoms with Crippen LogP contribution >= 0.6 is 0 Å². The SMILES string of the molecule is O=C(O)C(O)c1ccccc1-c1c[nH]c(=O)[nH]1. The molecule has 1 aromatic heterocycles. The Hall–Kier alpha value is -2.34. The van der Waals surface area contributed by atoms with Gasteiger partial charge in [0.1, 0.15) is 0 Å². The number of carbonyl (C=O) groups is 1. The van der Waals surface area contributed by atoms with Gasteiger partial charge in [-0.2, -0.15) is 0 Å². The van der Waals surface area contributed by atoms with E-state index in [1.54, 1.807) is 18.2 Å². The van der Waals surface area contributed by atoms with Crippen LogP contribution in [0.25, 0.3) is 11.3 Å². The highest BCUT2D eigenvalue weighted by Crippen LogP contribution is 2.26. The Labute approximate surface area is 95.6 Å². The van der Waals surface area contributed by atoms with Crippen molar-refractivity contribution < 1.29 is 15.0 Å². The van der Waals surface area contributed by atoms with Gasteiger partial charge in [0.05, 0.1) is 5.69 Å². The van der Waals surface area contributed by atoms with E-state index in [0.717, 1.165) is 0 Å². The summed E-state index contributed by atoms with van der Waals surface area (Å²) in [5.74, 6) is -1.34. The third-order valence-corrected chi connectivity index (χ3v) is 2.38. The second-order valence-electron chi connectivity index (χ2n) is 3.48. The van der Waals surface area contributed by atoms with E-state index >= 15 is 0 Å². The molecule has 2 aromatic rings. The first-order valence-corrected chi connectivity index (χ1v) is 4.87. The first-order chi connectivity index (χ1) is 8.09. The lowest BCUT2D eigenvalue weighted by molar-refractivity contribution is -0.146.